The van der Waals surface area contributed by atoms with E-state index in [1.165, 1.54) is 0 Å². The van der Waals surface area contributed by atoms with Crippen LogP contribution < -0.4 is 10.6 Å². The number of guanidine groups is 1. The van der Waals surface area contributed by atoms with Crippen molar-refractivity contribution in [1.29, 1.82) is 0 Å². The predicted octanol–water partition coefficient (Wildman–Crippen LogP) is 2.00. The van der Waals surface area contributed by atoms with E-state index in [0.29, 0.717) is 0 Å². The first-order valence-corrected chi connectivity index (χ1v) is 6.22. The van der Waals surface area contributed by atoms with Gasteiger partial charge in [-0.1, -0.05) is 0 Å². The highest BCUT2D eigenvalue weighted by atomic mass is 79.9. The molecule has 0 atom stereocenters. The normalized spacial score (nSPS) is 14.8. The number of nitrogens with zero attached hydrogens (tertiary/aromatic N) is 2. The smallest absolute Gasteiger partial charge is 0.195 e. The molecule has 88 valence electrons. The lowest BCUT2D eigenvalue weighted by atomic mass is 10.1. The Morgan fingerprint density at radius 2 is 2.35 bits per heavy atom. The Hall–Kier alpha value is -1.56. The zero-order valence-corrected chi connectivity index (χ0v) is 10.9. The molecule has 17 heavy (non-hydrogen) atoms. The van der Waals surface area contributed by atoms with Crippen molar-refractivity contribution in [2.24, 2.45) is 4.99 Å². The molecule has 0 radical (unpaired) electrons. The van der Waals surface area contributed by atoms with Crippen molar-refractivity contribution in [2.75, 3.05) is 18.4 Å². The van der Waals surface area contributed by atoms with Crippen LogP contribution in [0.25, 0.3) is 10.9 Å². The van der Waals surface area contributed by atoms with Crippen molar-refractivity contribution >= 4 is 38.5 Å². The number of benzene rings is 1. The Morgan fingerprint density at radius 3 is 3.12 bits per heavy atom. The molecule has 0 unspecified atom stereocenters. The summed E-state index contributed by atoms with van der Waals surface area (Å²) in [6.45, 7) is 3.78. The summed E-state index contributed by atoms with van der Waals surface area (Å²) < 4.78 is 1.00. The molecule has 0 aliphatic carbocycles. The number of rotatable bonds is 1. The summed E-state index contributed by atoms with van der Waals surface area (Å²) >= 11 is 3.60. The van der Waals surface area contributed by atoms with Gasteiger partial charge < -0.3 is 10.6 Å². The maximum absolute atomic E-state index is 4.32. The van der Waals surface area contributed by atoms with Crippen LogP contribution in [0.4, 0.5) is 5.69 Å². The Kier molecular flexibility index (Phi) is 2.51. The number of aliphatic imine (C=N–C) groups is 1. The van der Waals surface area contributed by atoms with Crippen molar-refractivity contribution in [1.82, 2.24) is 15.5 Å². The fourth-order valence-corrected chi connectivity index (χ4v) is 2.46. The fraction of sp³-hybridized carbons (Fsp3) is 0.273. The second-order valence-electron chi connectivity index (χ2n) is 4.00. The molecule has 1 aromatic heterocycles. The van der Waals surface area contributed by atoms with Crippen LogP contribution in [-0.4, -0.2) is 29.2 Å². The number of aryl methyl sites for hydroxylation is 1. The van der Waals surface area contributed by atoms with Gasteiger partial charge in [-0.3, -0.25) is 10.1 Å². The zero-order valence-electron chi connectivity index (χ0n) is 9.34. The lowest BCUT2D eigenvalue weighted by Crippen LogP contribution is -2.26. The Morgan fingerprint density at radius 1 is 1.47 bits per heavy atom. The third-order valence-electron chi connectivity index (χ3n) is 2.79. The molecule has 0 spiro atoms. The summed E-state index contributed by atoms with van der Waals surface area (Å²) in [5.41, 5.74) is 3.22. The van der Waals surface area contributed by atoms with Crippen LogP contribution in [0.3, 0.4) is 0 Å². The minimum absolute atomic E-state index is 0.826. The summed E-state index contributed by atoms with van der Waals surface area (Å²) in [5, 5.41) is 14.6. The van der Waals surface area contributed by atoms with E-state index >= 15 is 0 Å². The molecule has 3 rings (SSSR count). The van der Waals surface area contributed by atoms with E-state index in [2.05, 4.69) is 54.7 Å². The van der Waals surface area contributed by atoms with Crippen LogP contribution in [0.15, 0.2) is 21.7 Å². The van der Waals surface area contributed by atoms with Gasteiger partial charge in [0, 0.05) is 11.9 Å². The van der Waals surface area contributed by atoms with Gasteiger partial charge in [0.15, 0.2) is 5.96 Å². The van der Waals surface area contributed by atoms with Gasteiger partial charge in [0.1, 0.15) is 0 Å². The van der Waals surface area contributed by atoms with Gasteiger partial charge in [0.25, 0.3) is 0 Å². The Bertz CT molecular complexity index is 601. The second kappa shape index (κ2) is 4.03. The standard InChI is InChI=1S/C11H12BrN5/c1-6-4-8(16-11-13-2-3-14-11)9(12)7-5-15-17-10(6)7/h4-5H,2-3H2,1H3,(H,15,17)(H2,13,14,16). The van der Waals surface area contributed by atoms with Gasteiger partial charge in [0.05, 0.1) is 28.4 Å². The highest BCUT2D eigenvalue weighted by Crippen LogP contribution is 2.32. The van der Waals surface area contributed by atoms with Crippen molar-refractivity contribution in [3.05, 3.63) is 22.3 Å². The van der Waals surface area contributed by atoms with E-state index in [1.54, 1.807) is 0 Å². The first kappa shape index (κ1) is 10.6. The number of nitrogens with one attached hydrogen (secondary N) is 3. The molecule has 2 heterocycles. The molecule has 2 aromatic rings. The van der Waals surface area contributed by atoms with Crippen LogP contribution in [0.1, 0.15) is 5.56 Å². The monoisotopic (exact) mass is 293 g/mol. The topological polar surface area (TPSA) is 65.1 Å². The number of H-pyrrole nitrogens is 1. The molecule has 0 saturated carbocycles. The van der Waals surface area contributed by atoms with E-state index in [9.17, 15) is 0 Å². The lowest BCUT2D eigenvalue weighted by Gasteiger charge is -2.10. The van der Waals surface area contributed by atoms with Gasteiger partial charge in [0.2, 0.25) is 0 Å². The minimum Gasteiger partial charge on any atom is -0.354 e. The quantitative estimate of drug-likeness (QED) is 0.754. The van der Waals surface area contributed by atoms with Crippen molar-refractivity contribution < 1.29 is 0 Å². The number of hydrogen-bond acceptors (Lipinski definition) is 4. The largest absolute Gasteiger partial charge is 0.354 e. The van der Waals surface area contributed by atoms with E-state index < -0.39 is 0 Å². The van der Waals surface area contributed by atoms with E-state index in [0.717, 1.165) is 45.7 Å². The average molecular weight is 294 g/mol. The van der Waals surface area contributed by atoms with Gasteiger partial charge in [-0.25, -0.2) is 0 Å². The molecule has 6 heteroatoms. The van der Waals surface area contributed by atoms with Crippen LogP contribution in [0, 0.1) is 6.92 Å². The van der Waals surface area contributed by atoms with Gasteiger partial charge in [-0.05, 0) is 34.5 Å². The maximum Gasteiger partial charge on any atom is 0.195 e. The number of halogens is 1. The molecule has 0 bridgehead atoms. The van der Waals surface area contributed by atoms with E-state index in [1.807, 2.05) is 6.20 Å². The summed E-state index contributed by atoms with van der Waals surface area (Å²) in [6.07, 6.45) is 1.82. The lowest BCUT2D eigenvalue weighted by molar-refractivity contribution is 0.959. The third-order valence-corrected chi connectivity index (χ3v) is 3.65. The Balaban J connectivity index is 2.06. The van der Waals surface area contributed by atoms with Gasteiger partial charge in [-0.15, -0.1) is 0 Å². The third kappa shape index (κ3) is 1.78. The molecular formula is C11H12BrN5. The van der Waals surface area contributed by atoms with Crippen LogP contribution in [0.5, 0.6) is 0 Å². The molecule has 1 aromatic carbocycles. The Labute approximate surface area is 107 Å². The number of hydrogen-bond donors (Lipinski definition) is 3. The van der Waals surface area contributed by atoms with Crippen molar-refractivity contribution in [3.8, 4) is 0 Å². The maximum atomic E-state index is 4.32. The number of fused-ring (bicyclic) bond motifs is 1. The molecule has 0 amide bonds. The van der Waals surface area contributed by atoms with Crippen molar-refractivity contribution in [2.45, 2.75) is 6.92 Å². The molecule has 1 aliphatic rings. The number of aromatic nitrogens is 2. The predicted molar refractivity (Wildman–Crippen MR) is 72.5 cm³/mol. The first-order valence-electron chi connectivity index (χ1n) is 5.43. The van der Waals surface area contributed by atoms with Crippen LogP contribution in [0.2, 0.25) is 0 Å². The molecule has 0 saturated heterocycles. The second-order valence-corrected chi connectivity index (χ2v) is 4.79. The molecular weight excluding hydrogens is 282 g/mol. The molecule has 3 N–H and O–H groups in total. The van der Waals surface area contributed by atoms with Gasteiger partial charge in [-0.2, -0.15) is 5.10 Å². The summed E-state index contributed by atoms with van der Waals surface area (Å²) in [6, 6.07) is 2.08. The SMILES string of the molecule is Cc1cc(NC2=NCCN2)c(Br)c2cn[nH]c12. The molecule has 1 aliphatic heterocycles. The number of aromatic amines is 1. The first-order chi connectivity index (χ1) is 8.25. The highest BCUT2D eigenvalue weighted by Gasteiger charge is 2.12. The fourth-order valence-electron chi connectivity index (χ4n) is 1.95. The van der Waals surface area contributed by atoms with Crippen molar-refractivity contribution in [3.63, 3.8) is 0 Å². The average Bonchev–Trinajstić information content (AvgIpc) is 2.96. The van der Waals surface area contributed by atoms with Crippen LogP contribution >= 0.6 is 15.9 Å². The van der Waals surface area contributed by atoms with Gasteiger partial charge >= 0.3 is 0 Å². The van der Waals surface area contributed by atoms with E-state index in [4.69, 9.17) is 0 Å². The molecule has 5 nitrogen and oxygen atoms in total. The highest BCUT2D eigenvalue weighted by molar-refractivity contribution is 9.10. The summed E-state index contributed by atoms with van der Waals surface area (Å²) in [4.78, 5) is 4.32. The number of anilines is 1. The zero-order chi connectivity index (χ0) is 11.8. The molecule has 0 fully saturated rings. The summed E-state index contributed by atoms with van der Waals surface area (Å²) in [7, 11) is 0. The summed E-state index contributed by atoms with van der Waals surface area (Å²) in [5.74, 6) is 0.827. The van der Waals surface area contributed by atoms with Crippen LogP contribution in [-0.2, 0) is 0 Å². The van der Waals surface area contributed by atoms with E-state index in [-0.39, 0.29) is 0 Å². The minimum atomic E-state index is 0.826.